The van der Waals surface area contributed by atoms with E-state index in [1.54, 1.807) is 18.6 Å². The number of halogens is 1. The molecule has 0 amide bonds. The Morgan fingerprint density at radius 2 is 1.76 bits per heavy atom. The fourth-order valence-electron chi connectivity index (χ4n) is 3.10. The average molecular weight is 510 g/mol. The molecule has 0 spiro atoms. The van der Waals surface area contributed by atoms with Gasteiger partial charge < -0.3 is 20.4 Å². The zero-order valence-corrected chi connectivity index (χ0v) is 19.3. The molecule has 2 aromatic heterocycles. The van der Waals surface area contributed by atoms with Crippen LogP contribution in [0.5, 0.6) is 0 Å². The normalized spacial score (nSPS) is 14.3. The van der Waals surface area contributed by atoms with Crippen LogP contribution in [0.25, 0.3) is 0 Å². The van der Waals surface area contributed by atoms with Gasteiger partial charge >= 0.3 is 0 Å². The molecule has 2 aromatic rings. The first-order valence-corrected chi connectivity index (χ1v) is 10.1. The Morgan fingerprint density at radius 1 is 1.00 bits per heavy atom. The van der Waals surface area contributed by atoms with Gasteiger partial charge in [0, 0.05) is 64.4 Å². The fourth-order valence-corrected chi connectivity index (χ4v) is 3.10. The number of unbranched alkanes of at least 4 members (excludes halogenated alkanes) is 1. The molecule has 0 unspecified atom stereocenters. The second kappa shape index (κ2) is 13.1. The van der Waals surface area contributed by atoms with Crippen molar-refractivity contribution in [2.45, 2.75) is 19.8 Å². The van der Waals surface area contributed by atoms with Gasteiger partial charge in [-0.2, -0.15) is 0 Å². The Balaban J connectivity index is 0.00000300. The first kappa shape index (κ1) is 23.1. The lowest BCUT2D eigenvalue weighted by atomic mass is 10.3. The van der Waals surface area contributed by atoms with Gasteiger partial charge in [0.05, 0.1) is 0 Å². The average Bonchev–Trinajstić information content (AvgIpc) is 2.77. The monoisotopic (exact) mass is 510 g/mol. The Labute approximate surface area is 190 Å². The molecule has 1 fully saturated rings. The van der Waals surface area contributed by atoms with Crippen molar-refractivity contribution in [3.63, 3.8) is 0 Å². The van der Waals surface area contributed by atoms with Crippen molar-refractivity contribution in [2.24, 2.45) is 4.99 Å². The summed E-state index contributed by atoms with van der Waals surface area (Å²) in [6.45, 7) is 8.39. The predicted octanol–water partition coefficient (Wildman–Crippen LogP) is 2.47. The third-order valence-electron chi connectivity index (χ3n) is 4.57. The number of nitrogens with zero attached hydrogens (tertiary/aromatic N) is 6. The van der Waals surface area contributed by atoms with Crippen LogP contribution in [0.4, 0.5) is 11.8 Å². The number of guanidine groups is 1. The summed E-state index contributed by atoms with van der Waals surface area (Å²) in [4.78, 5) is 22.3. The lowest BCUT2D eigenvalue weighted by Crippen LogP contribution is -2.53. The van der Waals surface area contributed by atoms with E-state index in [4.69, 9.17) is 4.99 Å². The maximum atomic E-state index is 4.82. The molecule has 0 aromatic carbocycles. The van der Waals surface area contributed by atoms with Crippen molar-refractivity contribution in [2.75, 3.05) is 56.0 Å². The van der Waals surface area contributed by atoms with Crippen LogP contribution >= 0.6 is 24.0 Å². The molecule has 9 heteroatoms. The van der Waals surface area contributed by atoms with Crippen LogP contribution in [0, 0.1) is 0 Å². The summed E-state index contributed by atoms with van der Waals surface area (Å²) in [6.07, 6.45) is 7.51. The zero-order valence-electron chi connectivity index (χ0n) is 17.0. The molecule has 29 heavy (non-hydrogen) atoms. The smallest absolute Gasteiger partial charge is 0.225 e. The summed E-state index contributed by atoms with van der Waals surface area (Å²) in [5.41, 5.74) is 0. The van der Waals surface area contributed by atoms with E-state index in [1.165, 1.54) is 0 Å². The van der Waals surface area contributed by atoms with Crippen LogP contribution in [0.1, 0.15) is 19.8 Å². The number of hydrogen-bond acceptors (Lipinski definition) is 6. The molecule has 0 radical (unpaired) electrons. The summed E-state index contributed by atoms with van der Waals surface area (Å²) in [5, 5.41) is 6.76. The quantitative estimate of drug-likeness (QED) is 0.245. The third kappa shape index (κ3) is 7.64. The van der Waals surface area contributed by atoms with Crippen molar-refractivity contribution in [3.05, 3.63) is 42.9 Å². The van der Waals surface area contributed by atoms with Gasteiger partial charge in [-0.05, 0) is 38.0 Å². The first-order valence-electron chi connectivity index (χ1n) is 10.1. The molecule has 3 rings (SSSR count). The van der Waals surface area contributed by atoms with E-state index in [9.17, 15) is 0 Å². The topological polar surface area (TPSA) is 81.6 Å². The molecule has 0 atom stereocenters. The number of piperazine rings is 1. The molecule has 1 aliphatic heterocycles. The Hall–Kier alpha value is -2.17. The maximum absolute atomic E-state index is 4.82. The maximum Gasteiger partial charge on any atom is 0.225 e. The van der Waals surface area contributed by atoms with Gasteiger partial charge in [0.1, 0.15) is 5.82 Å². The molecular weight excluding hydrogens is 479 g/mol. The van der Waals surface area contributed by atoms with E-state index in [0.717, 1.165) is 76.4 Å². The molecule has 8 nitrogen and oxygen atoms in total. The van der Waals surface area contributed by atoms with Gasteiger partial charge in [0.15, 0.2) is 5.96 Å². The van der Waals surface area contributed by atoms with Gasteiger partial charge in [-0.25, -0.2) is 15.0 Å². The highest BCUT2D eigenvalue weighted by Gasteiger charge is 2.20. The van der Waals surface area contributed by atoms with Crippen LogP contribution in [0.15, 0.2) is 47.8 Å². The molecule has 0 saturated carbocycles. The molecule has 0 bridgehead atoms. The van der Waals surface area contributed by atoms with E-state index in [0.29, 0.717) is 0 Å². The van der Waals surface area contributed by atoms with E-state index in [2.05, 4.69) is 42.3 Å². The predicted molar refractivity (Wildman–Crippen MR) is 129 cm³/mol. The molecule has 1 aliphatic rings. The van der Waals surface area contributed by atoms with E-state index < -0.39 is 0 Å². The van der Waals surface area contributed by atoms with E-state index in [1.807, 2.05) is 24.3 Å². The molecule has 0 aliphatic carbocycles. The molecule has 158 valence electrons. The number of aromatic nitrogens is 3. The van der Waals surface area contributed by atoms with Gasteiger partial charge in [-0.15, -0.1) is 24.0 Å². The van der Waals surface area contributed by atoms with Crippen LogP contribution < -0.4 is 15.5 Å². The number of aliphatic imine (C=N–C) groups is 1. The standard InChI is InChI=1S/C20H30N8.HI/c1-2-21-19(24-11-6-5-10-23-18-8-3-4-9-22-18)27-14-16-28(17-15-27)20-25-12-7-13-26-20;/h3-4,7-9,12-13H,2,5-6,10-11,14-17H2,1H3,(H,21,24)(H,22,23);1H. The summed E-state index contributed by atoms with van der Waals surface area (Å²) in [6, 6.07) is 7.75. The second-order valence-corrected chi connectivity index (χ2v) is 6.61. The van der Waals surface area contributed by atoms with Crippen LogP contribution in [0.3, 0.4) is 0 Å². The molecule has 3 heterocycles. The van der Waals surface area contributed by atoms with Gasteiger partial charge in [-0.3, -0.25) is 4.99 Å². The number of rotatable bonds is 8. The summed E-state index contributed by atoms with van der Waals surface area (Å²) in [7, 11) is 0. The largest absolute Gasteiger partial charge is 0.370 e. The summed E-state index contributed by atoms with van der Waals surface area (Å²) < 4.78 is 0. The molecule has 1 saturated heterocycles. The second-order valence-electron chi connectivity index (χ2n) is 6.61. The van der Waals surface area contributed by atoms with E-state index >= 15 is 0 Å². The summed E-state index contributed by atoms with van der Waals surface area (Å²) >= 11 is 0. The van der Waals surface area contributed by atoms with Crippen LogP contribution in [0.2, 0.25) is 0 Å². The summed E-state index contributed by atoms with van der Waals surface area (Å²) in [5.74, 6) is 2.75. The van der Waals surface area contributed by atoms with Crippen molar-refractivity contribution >= 4 is 41.7 Å². The fraction of sp³-hybridized carbons (Fsp3) is 0.500. The lowest BCUT2D eigenvalue weighted by molar-refractivity contribution is 0.370. The minimum absolute atomic E-state index is 0. The highest BCUT2D eigenvalue weighted by atomic mass is 127. The van der Waals surface area contributed by atoms with Crippen LogP contribution in [-0.2, 0) is 0 Å². The first-order chi connectivity index (χ1) is 13.9. The Bertz CT molecular complexity index is 705. The minimum Gasteiger partial charge on any atom is -0.370 e. The highest BCUT2D eigenvalue weighted by Crippen LogP contribution is 2.10. The number of anilines is 2. The number of hydrogen-bond donors (Lipinski definition) is 2. The zero-order chi connectivity index (χ0) is 19.4. The van der Waals surface area contributed by atoms with E-state index in [-0.39, 0.29) is 24.0 Å². The molecular formula is C20H31IN8. The Morgan fingerprint density at radius 3 is 2.45 bits per heavy atom. The van der Waals surface area contributed by atoms with Crippen molar-refractivity contribution in [1.82, 2.24) is 25.2 Å². The van der Waals surface area contributed by atoms with Gasteiger partial charge in [0.2, 0.25) is 5.95 Å². The van der Waals surface area contributed by atoms with Gasteiger partial charge in [0.25, 0.3) is 0 Å². The highest BCUT2D eigenvalue weighted by molar-refractivity contribution is 14.0. The minimum atomic E-state index is 0. The van der Waals surface area contributed by atoms with Crippen molar-refractivity contribution in [3.8, 4) is 0 Å². The Kier molecular flexibility index (Phi) is 10.5. The lowest BCUT2D eigenvalue weighted by Gasteiger charge is -2.36. The van der Waals surface area contributed by atoms with Gasteiger partial charge in [-0.1, -0.05) is 6.07 Å². The number of nitrogens with one attached hydrogen (secondary N) is 2. The molecule has 2 N–H and O–H groups in total. The number of pyridine rings is 1. The SMILES string of the molecule is CCNC(=NCCCCNc1ccccn1)N1CCN(c2ncccn2)CC1.I. The third-order valence-corrected chi connectivity index (χ3v) is 4.57. The van der Waals surface area contributed by atoms with Crippen molar-refractivity contribution < 1.29 is 0 Å². The van der Waals surface area contributed by atoms with Crippen LogP contribution in [-0.4, -0.2) is 71.6 Å². The van der Waals surface area contributed by atoms with Crippen molar-refractivity contribution in [1.29, 1.82) is 0 Å².